The molecule has 0 spiro atoms. The molecule has 23 heavy (non-hydrogen) atoms. The number of rotatable bonds is 13. The van der Waals surface area contributed by atoms with Crippen LogP contribution in [0.25, 0.3) is 0 Å². The summed E-state index contributed by atoms with van der Waals surface area (Å²) in [4.78, 5) is 0. The predicted octanol–water partition coefficient (Wildman–Crippen LogP) is 5.80. The second kappa shape index (κ2) is 11.1. The van der Waals surface area contributed by atoms with Gasteiger partial charge < -0.3 is 9.05 Å². The van der Waals surface area contributed by atoms with Crippen molar-refractivity contribution in [2.75, 3.05) is 6.61 Å². The maximum absolute atomic E-state index is 12.0. The molecular formula is C18H27O4P. The van der Waals surface area contributed by atoms with Gasteiger partial charge in [0.15, 0.2) is 0 Å². The van der Waals surface area contributed by atoms with E-state index in [4.69, 9.17) is 13.6 Å². The number of unbranched alkanes of at least 4 members (excludes halogenated alkanes) is 2. The molecule has 1 rings (SSSR count). The topological polar surface area (TPSA) is 44.8 Å². The molecule has 0 saturated heterocycles. The van der Waals surface area contributed by atoms with Crippen molar-refractivity contribution in [1.82, 2.24) is 0 Å². The molecule has 0 aliphatic carbocycles. The summed E-state index contributed by atoms with van der Waals surface area (Å²) in [5.41, 5.74) is 2.61. The summed E-state index contributed by atoms with van der Waals surface area (Å²) in [6.07, 6.45) is 8.55. The van der Waals surface area contributed by atoms with Gasteiger partial charge in [-0.25, -0.2) is 4.57 Å². The Hall–Kier alpha value is -1.51. The Bertz CT molecular complexity index is 496. The summed E-state index contributed by atoms with van der Waals surface area (Å²) >= 11 is 0. The van der Waals surface area contributed by atoms with Crippen LogP contribution in [0.15, 0.2) is 49.9 Å². The summed E-state index contributed by atoms with van der Waals surface area (Å²) in [7, 11) is -3.60. The minimum atomic E-state index is -3.60. The van der Waals surface area contributed by atoms with Crippen molar-refractivity contribution in [3.63, 3.8) is 0 Å². The van der Waals surface area contributed by atoms with Crippen LogP contribution < -0.4 is 0 Å². The summed E-state index contributed by atoms with van der Waals surface area (Å²) in [6.45, 7) is 9.19. The van der Waals surface area contributed by atoms with E-state index < -0.39 is 7.82 Å². The van der Waals surface area contributed by atoms with Gasteiger partial charge in [-0.3, -0.25) is 4.52 Å². The van der Waals surface area contributed by atoms with Gasteiger partial charge >= 0.3 is 7.82 Å². The third-order valence-corrected chi connectivity index (χ3v) is 4.67. The number of hydrogen-bond acceptors (Lipinski definition) is 4. The molecular weight excluding hydrogens is 311 g/mol. The molecule has 0 saturated carbocycles. The van der Waals surface area contributed by atoms with Gasteiger partial charge in [0.1, 0.15) is 0 Å². The first-order valence-corrected chi connectivity index (χ1v) is 9.50. The van der Waals surface area contributed by atoms with Gasteiger partial charge in [0.05, 0.1) is 19.1 Å². The van der Waals surface area contributed by atoms with Crippen LogP contribution in [0.5, 0.6) is 0 Å². The number of hydrogen-bond donors (Lipinski definition) is 0. The van der Waals surface area contributed by atoms with Crippen LogP contribution in [-0.4, -0.2) is 6.61 Å². The first kappa shape index (κ1) is 19.5. The Kier molecular flexibility index (Phi) is 9.42. The standard InChI is InChI=1S/C18H27O4P/c1-4-7-8-10-17-12-14-18(15-13-17)11-9-16-22-23(19,20-5-2)21-6-3/h5-6,12-15H,2-4,7-11,16H2,1H3. The predicted molar refractivity (Wildman–Crippen MR) is 94.1 cm³/mol. The van der Waals surface area contributed by atoms with E-state index in [1.807, 2.05) is 0 Å². The molecule has 0 aliphatic heterocycles. The smallest absolute Gasteiger partial charge is 0.404 e. The lowest BCUT2D eigenvalue weighted by molar-refractivity contribution is 0.178. The first-order valence-electron chi connectivity index (χ1n) is 8.04. The monoisotopic (exact) mass is 338 g/mol. The molecule has 0 unspecified atom stereocenters. The lowest BCUT2D eigenvalue weighted by atomic mass is 10.0. The number of phosphoric acid groups is 1. The Balaban J connectivity index is 2.33. The molecule has 5 heteroatoms. The SMILES string of the molecule is C=COP(=O)(OC=C)OCCCc1ccc(CCCCC)cc1. The lowest BCUT2D eigenvalue weighted by Gasteiger charge is -2.14. The van der Waals surface area contributed by atoms with E-state index in [-0.39, 0.29) is 6.61 Å². The van der Waals surface area contributed by atoms with Gasteiger partial charge in [-0.1, -0.05) is 57.2 Å². The summed E-state index contributed by atoms with van der Waals surface area (Å²) < 4.78 is 26.8. The van der Waals surface area contributed by atoms with Crippen molar-refractivity contribution in [2.45, 2.75) is 45.4 Å². The second-order valence-electron chi connectivity index (χ2n) is 5.20. The highest BCUT2D eigenvalue weighted by Crippen LogP contribution is 2.49. The fourth-order valence-corrected chi connectivity index (χ4v) is 3.06. The third kappa shape index (κ3) is 8.06. The van der Waals surface area contributed by atoms with Crippen LogP contribution in [0, 0.1) is 0 Å². The zero-order valence-corrected chi connectivity index (χ0v) is 14.8. The Morgan fingerprint density at radius 3 is 1.96 bits per heavy atom. The fraction of sp³-hybridized carbons (Fsp3) is 0.444. The number of phosphoric ester groups is 1. The van der Waals surface area contributed by atoms with Crippen molar-refractivity contribution < 1.29 is 18.1 Å². The molecule has 0 aromatic heterocycles. The van der Waals surface area contributed by atoms with Crippen LogP contribution in [0.4, 0.5) is 0 Å². The van der Waals surface area contributed by atoms with E-state index in [1.165, 1.54) is 30.4 Å². The molecule has 1 aromatic rings. The zero-order valence-electron chi connectivity index (χ0n) is 13.9. The molecule has 1 aromatic carbocycles. The minimum Gasteiger partial charge on any atom is -0.404 e. The van der Waals surface area contributed by atoms with E-state index in [0.717, 1.165) is 31.8 Å². The van der Waals surface area contributed by atoms with Gasteiger partial charge in [-0.2, -0.15) is 0 Å². The van der Waals surface area contributed by atoms with Gasteiger partial charge in [0.25, 0.3) is 0 Å². The molecule has 0 N–H and O–H groups in total. The van der Waals surface area contributed by atoms with Crippen LogP contribution in [0.2, 0.25) is 0 Å². The average Bonchev–Trinajstić information content (AvgIpc) is 2.54. The van der Waals surface area contributed by atoms with E-state index in [9.17, 15) is 4.57 Å². The van der Waals surface area contributed by atoms with Gasteiger partial charge in [-0.05, 0) is 36.8 Å². The maximum atomic E-state index is 12.0. The van der Waals surface area contributed by atoms with Crippen molar-refractivity contribution in [3.8, 4) is 0 Å². The van der Waals surface area contributed by atoms with E-state index in [0.29, 0.717) is 0 Å². The zero-order chi connectivity index (χ0) is 17.0. The van der Waals surface area contributed by atoms with Crippen molar-refractivity contribution in [3.05, 3.63) is 61.1 Å². The average molecular weight is 338 g/mol. The largest absolute Gasteiger partial charge is 0.586 e. The number of benzene rings is 1. The first-order chi connectivity index (χ1) is 11.1. The van der Waals surface area contributed by atoms with Gasteiger partial charge in [-0.15, -0.1) is 0 Å². The van der Waals surface area contributed by atoms with Crippen LogP contribution in [0.3, 0.4) is 0 Å². The van der Waals surface area contributed by atoms with Crippen molar-refractivity contribution in [1.29, 1.82) is 0 Å². The van der Waals surface area contributed by atoms with Gasteiger partial charge in [0, 0.05) is 0 Å². The van der Waals surface area contributed by atoms with Gasteiger partial charge in [0.2, 0.25) is 0 Å². The Labute approximate surface area is 139 Å². The quantitative estimate of drug-likeness (QED) is 0.259. The molecule has 0 heterocycles. The molecule has 0 aliphatic rings. The van der Waals surface area contributed by atoms with Crippen molar-refractivity contribution in [2.24, 2.45) is 0 Å². The molecule has 0 amide bonds. The minimum absolute atomic E-state index is 0.275. The summed E-state index contributed by atoms with van der Waals surface area (Å²) in [5, 5.41) is 0. The fourth-order valence-electron chi connectivity index (χ4n) is 2.17. The Morgan fingerprint density at radius 2 is 1.48 bits per heavy atom. The molecule has 0 bridgehead atoms. The second-order valence-corrected chi connectivity index (χ2v) is 6.78. The van der Waals surface area contributed by atoms with E-state index in [1.54, 1.807) is 0 Å². The third-order valence-electron chi connectivity index (χ3n) is 3.36. The molecule has 0 atom stereocenters. The van der Waals surface area contributed by atoms with Crippen LogP contribution in [-0.2, 0) is 31.0 Å². The highest BCUT2D eigenvalue weighted by molar-refractivity contribution is 7.48. The molecule has 128 valence electrons. The molecule has 0 radical (unpaired) electrons. The molecule has 0 fully saturated rings. The summed E-state index contributed by atoms with van der Waals surface area (Å²) in [5.74, 6) is 0. The van der Waals surface area contributed by atoms with Crippen LogP contribution >= 0.6 is 7.82 Å². The Morgan fingerprint density at radius 1 is 0.957 bits per heavy atom. The summed E-state index contributed by atoms with van der Waals surface area (Å²) in [6, 6.07) is 8.64. The highest BCUT2D eigenvalue weighted by Gasteiger charge is 2.26. The lowest BCUT2D eigenvalue weighted by Crippen LogP contribution is -1.98. The van der Waals surface area contributed by atoms with E-state index >= 15 is 0 Å². The van der Waals surface area contributed by atoms with E-state index in [2.05, 4.69) is 44.3 Å². The van der Waals surface area contributed by atoms with Crippen LogP contribution in [0.1, 0.15) is 43.7 Å². The number of aryl methyl sites for hydroxylation is 2. The highest BCUT2D eigenvalue weighted by atomic mass is 31.2. The maximum Gasteiger partial charge on any atom is 0.586 e. The van der Waals surface area contributed by atoms with Crippen molar-refractivity contribution >= 4 is 7.82 Å². The normalized spacial score (nSPS) is 11.0. The molecule has 4 nitrogen and oxygen atoms in total.